The van der Waals surface area contributed by atoms with E-state index in [4.69, 9.17) is 0 Å². The van der Waals surface area contributed by atoms with Gasteiger partial charge in [-0.05, 0) is 17.0 Å². The summed E-state index contributed by atoms with van der Waals surface area (Å²) < 4.78 is 0. The maximum atomic E-state index is 9.75. The van der Waals surface area contributed by atoms with Crippen LogP contribution in [0.5, 0.6) is 0 Å². The molecule has 1 aromatic heterocycles. The number of hydrogen-bond acceptors (Lipinski definition) is 2. The van der Waals surface area contributed by atoms with Gasteiger partial charge in [-0.2, -0.15) is 0 Å². The van der Waals surface area contributed by atoms with Gasteiger partial charge in [0.05, 0.1) is 4.88 Å². The van der Waals surface area contributed by atoms with Crippen LogP contribution in [-0.2, 0) is 0 Å². The summed E-state index contributed by atoms with van der Waals surface area (Å²) in [6.45, 7) is 0. The van der Waals surface area contributed by atoms with Gasteiger partial charge in [0.2, 0.25) is 0 Å². The van der Waals surface area contributed by atoms with Crippen molar-refractivity contribution < 1.29 is 5.11 Å². The minimum atomic E-state index is -0.701. The molecule has 15 heavy (non-hydrogen) atoms. The Labute approximate surface area is 93.0 Å². The Morgan fingerprint density at radius 3 is 2.53 bits per heavy atom. The SMILES string of the molecule is O[C@H](C#Cc1cccs1)c1ccccc1. The van der Waals surface area contributed by atoms with Gasteiger partial charge >= 0.3 is 0 Å². The van der Waals surface area contributed by atoms with Gasteiger partial charge in [0.25, 0.3) is 0 Å². The smallest absolute Gasteiger partial charge is 0.140 e. The van der Waals surface area contributed by atoms with E-state index in [1.54, 1.807) is 11.3 Å². The van der Waals surface area contributed by atoms with E-state index < -0.39 is 6.10 Å². The zero-order chi connectivity index (χ0) is 10.5. The number of hydrogen-bond donors (Lipinski definition) is 1. The van der Waals surface area contributed by atoms with Crippen LogP contribution < -0.4 is 0 Å². The van der Waals surface area contributed by atoms with Crippen LogP contribution in [0.15, 0.2) is 47.8 Å². The van der Waals surface area contributed by atoms with Crippen LogP contribution in [0.3, 0.4) is 0 Å². The van der Waals surface area contributed by atoms with Gasteiger partial charge in [-0.3, -0.25) is 0 Å². The van der Waals surface area contributed by atoms with Gasteiger partial charge < -0.3 is 5.11 Å². The fourth-order valence-electron chi connectivity index (χ4n) is 1.21. The van der Waals surface area contributed by atoms with E-state index in [1.807, 2.05) is 47.8 Å². The van der Waals surface area contributed by atoms with Crippen LogP contribution in [0.4, 0.5) is 0 Å². The molecule has 2 aromatic rings. The third-order valence-electron chi connectivity index (χ3n) is 1.97. The second kappa shape index (κ2) is 4.79. The van der Waals surface area contributed by atoms with E-state index in [1.165, 1.54) is 0 Å². The third-order valence-corrected chi connectivity index (χ3v) is 2.75. The van der Waals surface area contributed by atoms with E-state index in [9.17, 15) is 5.11 Å². The minimum Gasteiger partial charge on any atom is -0.376 e. The highest BCUT2D eigenvalue weighted by atomic mass is 32.1. The van der Waals surface area contributed by atoms with Crippen LogP contribution in [0.1, 0.15) is 16.5 Å². The first kappa shape index (κ1) is 9.97. The molecule has 0 bridgehead atoms. The predicted molar refractivity (Wildman–Crippen MR) is 62.6 cm³/mol. The molecule has 2 heteroatoms. The van der Waals surface area contributed by atoms with Crippen molar-refractivity contribution in [2.24, 2.45) is 0 Å². The molecular weight excluding hydrogens is 204 g/mol. The summed E-state index contributed by atoms with van der Waals surface area (Å²) >= 11 is 1.58. The zero-order valence-electron chi connectivity index (χ0n) is 8.05. The van der Waals surface area contributed by atoms with Gasteiger partial charge in [0, 0.05) is 0 Å². The highest BCUT2D eigenvalue weighted by molar-refractivity contribution is 7.10. The van der Waals surface area contributed by atoms with Crippen molar-refractivity contribution in [2.75, 3.05) is 0 Å². The Bertz CT molecular complexity index is 462. The van der Waals surface area contributed by atoms with Crippen molar-refractivity contribution in [3.05, 3.63) is 58.3 Å². The minimum absolute atomic E-state index is 0.701. The summed E-state index contributed by atoms with van der Waals surface area (Å²) in [5.41, 5.74) is 0.835. The third kappa shape index (κ3) is 2.69. The molecule has 2 rings (SSSR count). The number of aliphatic hydroxyl groups excluding tert-OH is 1. The number of benzene rings is 1. The lowest BCUT2D eigenvalue weighted by atomic mass is 10.1. The monoisotopic (exact) mass is 214 g/mol. The Hall–Kier alpha value is -1.56. The number of thiophene rings is 1. The first-order valence-corrected chi connectivity index (χ1v) is 5.52. The quantitative estimate of drug-likeness (QED) is 0.724. The fourth-order valence-corrected chi connectivity index (χ4v) is 1.79. The Kier molecular flexibility index (Phi) is 3.18. The van der Waals surface area contributed by atoms with Gasteiger partial charge in [-0.1, -0.05) is 48.2 Å². The molecule has 0 aliphatic heterocycles. The van der Waals surface area contributed by atoms with Crippen LogP contribution in [0, 0.1) is 11.8 Å². The number of aliphatic hydroxyl groups is 1. The molecule has 1 heterocycles. The Balaban J connectivity index is 2.13. The summed E-state index contributed by atoms with van der Waals surface area (Å²) in [7, 11) is 0. The standard InChI is InChI=1S/C13H10OS/c14-13(11-5-2-1-3-6-11)9-8-12-7-4-10-15-12/h1-7,10,13-14H/t13-/m1/s1. The summed E-state index contributed by atoms with van der Waals surface area (Å²) in [6.07, 6.45) is -0.701. The molecule has 1 N–H and O–H groups in total. The molecule has 0 aliphatic rings. The lowest BCUT2D eigenvalue weighted by Crippen LogP contribution is -1.92. The molecule has 1 atom stereocenters. The van der Waals surface area contributed by atoms with Crippen molar-refractivity contribution in [1.29, 1.82) is 0 Å². The maximum Gasteiger partial charge on any atom is 0.140 e. The van der Waals surface area contributed by atoms with Crippen molar-refractivity contribution in [2.45, 2.75) is 6.10 Å². The van der Waals surface area contributed by atoms with Crippen LogP contribution in [-0.4, -0.2) is 5.11 Å². The Morgan fingerprint density at radius 2 is 1.87 bits per heavy atom. The first-order valence-electron chi connectivity index (χ1n) is 4.64. The van der Waals surface area contributed by atoms with Crippen molar-refractivity contribution >= 4 is 11.3 Å². The molecule has 1 aromatic carbocycles. The van der Waals surface area contributed by atoms with E-state index in [-0.39, 0.29) is 0 Å². The Morgan fingerprint density at radius 1 is 1.07 bits per heavy atom. The lowest BCUT2D eigenvalue weighted by Gasteiger charge is -2.01. The zero-order valence-corrected chi connectivity index (χ0v) is 8.87. The lowest BCUT2D eigenvalue weighted by molar-refractivity contribution is 0.238. The van der Waals surface area contributed by atoms with Crippen molar-refractivity contribution in [3.63, 3.8) is 0 Å². The second-order valence-electron chi connectivity index (χ2n) is 3.06. The van der Waals surface area contributed by atoms with Gasteiger partial charge in [-0.15, -0.1) is 11.3 Å². The molecule has 0 fully saturated rings. The predicted octanol–water partition coefficient (Wildman–Crippen LogP) is 2.83. The number of rotatable bonds is 1. The highest BCUT2D eigenvalue weighted by Gasteiger charge is 2.00. The van der Waals surface area contributed by atoms with E-state index >= 15 is 0 Å². The average Bonchev–Trinajstić information content (AvgIpc) is 2.80. The van der Waals surface area contributed by atoms with Crippen LogP contribution in [0.25, 0.3) is 0 Å². The van der Waals surface area contributed by atoms with Gasteiger partial charge in [0.1, 0.15) is 6.10 Å². The molecule has 0 saturated heterocycles. The largest absolute Gasteiger partial charge is 0.376 e. The summed E-state index contributed by atoms with van der Waals surface area (Å²) in [5, 5.41) is 11.7. The topological polar surface area (TPSA) is 20.2 Å². The van der Waals surface area contributed by atoms with E-state index in [2.05, 4.69) is 11.8 Å². The van der Waals surface area contributed by atoms with E-state index in [0.717, 1.165) is 10.4 Å². The van der Waals surface area contributed by atoms with Gasteiger partial charge in [-0.25, -0.2) is 0 Å². The van der Waals surface area contributed by atoms with E-state index in [0.29, 0.717) is 0 Å². The highest BCUT2D eigenvalue weighted by Crippen LogP contribution is 2.12. The molecule has 1 nitrogen and oxygen atoms in total. The second-order valence-corrected chi connectivity index (χ2v) is 4.01. The molecule has 0 radical (unpaired) electrons. The summed E-state index contributed by atoms with van der Waals surface area (Å²) in [4.78, 5) is 0.977. The first-order chi connectivity index (χ1) is 7.36. The summed E-state index contributed by atoms with van der Waals surface area (Å²) in [5.74, 6) is 5.76. The fraction of sp³-hybridized carbons (Fsp3) is 0.0769. The van der Waals surface area contributed by atoms with Gasteiger partial charge in [0.15, 0.2) is 0 Å². The average molecular weight is 214 g/mol. The molecule has 0 unspecified atom stereocenters. The maximum absolute atomic E-state index is 9.75. The van der Waals surface area contributed by atoms with Crippen LogP contribution in [0.2, 0.25) is 0 Å². The van der Waals surface area contributed by atoms with Crippen molar-refractivity contribution in [3.8, 4) is 11.8 Å². The molecule has 0 saturated carbocycles. The molecule has 0 amide bonds. The molecule has 0 spiro atoms. The molecule has 0 aliphatic carbocycles. The van der Waals surface area contributed by atoms with Crippen LogP contribution >= 0.6 is 11.3 Å². The molecule has 74 valence electrons. The molecular formula is C13H10OS. The summed E-state index contributed by atoms with van der Waals surface area (Å²) in [6, 6.07) is 13.3. The normalized spacial score (nSPS) is 11.5. The van der Waals surface area contributed by atoms with Crippen molar-refractivity contribution in [1.82, 2.24) is 0 Å².